The van der Waals surface area contributed by atoms with E-state index >= 15 is 0 Å². The molecule has 0 saturated carbocycles. The van der Waals surface area contributed by atoms with Gasteiger partial charge in [0.2, 0.25) is 0 Å². The van der Waals surface area contributed by atoms with Crippen LogP contribution in [0.4, 0.5) is 0 Å². The van der Waals surface area contributed by atoms with Crippen LogP contribution in [0.1, 0.15) is 25.7 Å². The fourth-order valence-corrected chi connectivity index (χ4v) is 3.32. The van der Waals surface area contributed by atoms with Crippen molar-refractivity contribution in [2.45, 2.75) is 20.1 Å². The normalized spacial score (nSPS) is 24.5. The van der Waals surface area contributed by atoms with Crippen molar-refractivity contribution < 1.29 is 19.7 Å². The molecule has 1 aromatic carbocycles. The molecule has 21 heavy (non-hydrogen) atoms. The predicted molar refractivity (Wildman–Crippen MR) is 80.6 cm³/mol. The summed E-state index contributed by atoms with van der Waals surface area (Å²) in [5, 5.41) is 18.9. The van der Waals surface area contributed by atoms with Gasteiger partial charge in [0.25, 0.3) is 0 Å². The highest BCUT2D eigenvalue weighted by atomic mass is 16.7. The molecule has 0 bridgehead atoms. The third kappa shape index (κ3) is 4.04. The van der Waals surface area contributed by atoms with Crippen LogP contribution < -0.4 is 0 Å². The number of ether oxygens (including phenoxy) is 2. The maximum Gasteiger partial charge on any atom is 0.183 e. The van der Waals surface area contributed by atoms with E-state index in [-0.39, 0.29) is 37.3 Å². The third-order valence-electron chi connectivity index (χ3n) is 4.32. The molecule has 4 nitrogen and oxygen atoms in total. The number of aliphatic hydroxyl groups is 2. The number of hydrogen-bond donors (Lipinski definition) is 2. The largest absolute Gasteiger partial charge is 0.396 e. The van der Waals surface area contributed by atoms with Gasteiger partial charge < -0.3 is 19.7 Å². The molecule has 1 fully saturated rings. The van der Waals surface area contributed by atoms with Crippen molar-refractivity contribution in [3.63, 3.8) is 0 Å². The zero-order chi connectivity index (χ0) is 15.2. The van der Waals surface area contributed by atoms with Crippen LogP contribution in [0.2, 0.25) is 0 Å². The highest BCUT2D eigenvalue weighted by Gasteiger charge is 2.35. The van der Waals surface area contributed by atoms with Gasteiger partial charge in [-0.25, -0.2) is 0 Å². The molecular weight excluding hydrogens is 268 g/mol. The van der Waals surface area contributed by atoms with Gasteiger partial charge in [0, 0.05) is 30.6 Å². The first kappa shape index (κ1) is 16.4. The Kier molecular flexibility index (Phi) is 6.18. The van der Waals surface area contributed by atoms with E-state index < -0.39 is 0 Å². The summed E-state index contributed by atoms with van der Waals surface area (Å²) in [6.45, 7) is 5.42. The predicted octanol–water partition coefficient (Wildman–Crippen LogP) is 2.22. The summed E-state index contributed by atoms with van der Waals surface area (Å²) in [5.74, 6) is 0.640. The molecule has 0 radical (unpaired) electrons. The molecule has 2 N–H and O–H groups in total. The van der Waals surface area contributed by atoms with Crippen molar-refractivity contribution in [3.05, 3.63) is 35.9 Å². The standard InChI is InChI=1S/C17H26O4/c1-12(2)16(14(8-18)9-19)15-10-20-17(21-11-15)13-6-4-3-5-7-13/h3-7,12,14-19H,8-11H2,1-2H3. The highest BCUT2D eigenvalue weighted by Crippen LogP contribution is 2.34. The van der Waals surface area contributed by atoms with Crippen LogP contribution >= 0.6 is 0 Å². The Labute approximate surface area is 126 Å². The average Bonchev–Trinajstić information content (AvgIpc) is 2.53. The Morgan fingerprint density at radius 3 is 2.10 bits per heavy atom. The third-order valence-corrected chi connectivity index (χ3v) is 4.32. The second-order valence-electron chi connectivity index (χ2n) is 6.12. The monoisotopic (exact) mass is 294 g/mol. The molecule has 2 rings (SSSR count). The van der Waals surface area contributed by atoms with Gasteiger partial charge >= 0.3 is 0 Å². The Bertz CT molecular complexity index is 395. The molecule has 1 aromatic rings. The van der Waals surface area contributed by atoms with E-state index in [0.29, 0.717) is 19.1 Å². The lowest BCUT2D eigenvalue weighted by atomic mass is 9.75. The smallest absolute Gasteiger partial charge is 0.183 e. The lowest BCUT2D eigenvalue weighted by molar-refractivity contribution is -0.220. The average molecular weight is 294 g/mol. The summed E-state index contributed by atoms with van der Waals surface area (Å²) < 4.78 is 11.7. The molecule has 0 aliphatic carbocycles. The van der Waals surface area contributed by atoms with E-state index in [2.05, 4.69) is 13.8 Å². The first-order valence-corrected chi connectivity index (χ1v) is 7.67. The van der Waals surface area contributed by atoms with Crippen LogP contribution in [-0.2, 0) is 9.47 Å². The van der Waals surface area contributed by atoms with Crippen molar-refractivity contribution in [2.75, 3.05) is 26.4 Å². The van der Waals surface area contributed by atoms with Gasteiger partial charge in [0.05, 0.1) is 13.2 Å². The van der Waals surface area contributed by atoms with Crippen LogP contribution in [0.15, 0.2) is 30.3 Å². The first-order chi connectivity index (χ1) is 10.2. The SMILES string of the molecule is CC(C)C(C(CO)CO)C1COC(c2ccccc2)OC1. The minimum absolute atomic E-state index is 0.00202. The molecule has 1 unspecified atom stereocenters. The maximum absolute atomic E-state index is 9.46. The van der Waals surface area contributed by atoms with Crippen LogP contribution in [0, 0.1) is 23.7 Å². The van der Waals surface area contributed by atoms with Gasteiger partial charge in [-0.15, -0.1) is 0 Å². The molecule has 4 heteroatoms. The number of rotatable bonds is 6. The topological polar surface area (TPSA) is 58.9 Å². The fourth-order valence-electron chi connectivity index (χ4n) is 3.32. The van der Waals surface area contributed by atoms with E-state index in [1.54, 1.807) is 0 Å². The minimum Gasteiger partial charge on any atom is -0.396 e. The zero-order valence-electron chi connectivity index (χ0n) is 12.8. The number of hydrogen-bond acceptors (Lipinski definition) is 4. The second-order valence-corrected chi connectivity index (χ2v) is 6.12. The van der Waals surface area contributed by atoms with Gasteiger partial charge in [-0.1, -0.05) is 44.2 Å². The first-order valence-electron chi connectivity index (χ1n) is 7.67. The van der Waals surface area contributed by atoms with Gasteiger partial charge in [-0.2, -0.15) is 0 Å². The number of benzene rings is 1. The van der Waals surface area contributed by atoms with Crippen LogP contribution in [-0.4, -0.2) is 36.6 Å². The highest BCUT2D eigenvalue weighted by molar-refractivity contribution is 5.16. The molecule has 0 aromatic heterocycles. The second kappa shape index (κ2) is 7.90. The lowest BCUT2D eigenvalue weighted by Gasteiger charge is -2.39. The molecular formula is C17H26O4. The summed E-state index contributed by atoms with van der Waals surface area (Å²) in [7, 11) is 0. The summed E-state index contributed by atoms with van der Waals surface area (Å²) in [4.78, 5) is 0. The summed E-state index contributed by atoms with van der Waals surface area (Å²) in [6, 6.07) is 9.90. The van der Waals surface area contributed by atoms with Crippen LogP contribution in [0.25, 0.3) is 0 Å². The maximum atomic E-state index is 9.46. The zero-order valence-corrected chi connectivity index (χ0v) is 12.8. The summed E-state index contributed by atoms with van der Waals surface area (Å²) in [5.41, 5.74) is 1.03. The molecule has 118 valence electrons. The molecule has 0 amide bonds. The van der Waals surface area contributed by atoms with Crippen molar-refractivity contribution >= 4 is 0 Å². The molecule has 0 spiro atoms. The molecule has 1 atom stereocenters. The van der Waals surface area contributed by atoms with Crippen LogP contribution in [0.3, 0.4) is 0 Å². The van der Waals surface area contributed by atoms with Gasteiger partial charge in [0.15, 0.2) is 6.29 Å². The van der Waals surface area contributed by atoms with Gasteiger partial charge in [0.1, 0.15) is 0 Å². The van der Waals surface area contributed by atoms with Gasteiger partial charge in [-0.3, -0.25) is 0 Å². The Morgan fingerprint density at radius 1 is 1.05 bits per heavy atom. The van der Waals surface area contributed by atoms with E-state index in [0.717, 1.165) is 5.56 Å². The van der Waals surface area contributed by atoms with Gasteiger partial charge in [-0.05, 0) is 11.8 Å². The molecule has 1 saturated heterocycles. The fraction of sp³-hybridized carbons (Fsp3) is 0.647. The van der Waals surface area contributed by atoms with E-state index in [1.807, 2.05) is 30.3 Å². The van der Waals surface area contributed by atoms with Crippen LogP contribution in [0.5, 0.6) is 0 Å². The summed E-state index contributed by atoms with van der Waals surface area (Å²) in [6.07, 6.45) is -0.308. The Hall–Kier alpha value is -0.940. The Morgan fingerprint density at radius 2 is 1.62 bits per heavy atom. The molecule has 1 aliphatic heterocycles. The quantitative estimate of drug-likeness (QED) is 0.844. The lowest BCUT2D eigenvalue weighted by Crippen LogP contribution is -2.40. The van der Waals surface area contributed by atoms with Crippen molar-refractivity contribution in [1.82, 2.24) is 0 Å². The van der Waals surface area contributed by atoms with Crippen molar-refractivity contribution in [1.29, 1.82) is 0 Å². The minimum atomic E-state index is -0.308. The molecule has 1 aliphatic rings. The molecule has 1 heterocycles. The van der Waals surface area contributed by atoms with E-state index in [1.165, 1.54) is 0 Å². The number of aliphatic hydroxyl groups excluding tert-OH is 2. The Balaban J connectivity index is 1.98. The van der Waals surface area contributed by atoms with Crippen molar-refractivity contribution in [3.8, 4) is 0 Å². The van der Waals surface area contributed by atoms with Crippen molar-refractivity contribution in [2.24, 2.45) is 23.7 Å². The van der Waals surface area contributed by atoms with E-state index in [4.69, 9.17) is 9.47 Å². The summed E-state index contributed by atoms with van der Waals surface area (Å²) >= 11 is 0. The van der Waals surface area contributed by atoms with E-state index in [9.17, 15) is 10.2 Å².